The Morgan fingerprint density at radius 1 is 0.462 bits per heavy atom. The number of benzene rings is 7. The van der Waals surface area contributed by atoms with E-state index >= 15 is 0 Å². The minimum Gasteiger partial charge on any atom is -0.507 e. The molecule has 0 amide bonds. The van der Waals surface area contributed by atoms with Crippen LogP contribution in [0, 0.1) is 6.07 Å². The van der Waals surface area contributed by atoms with Crippen molar-refractivity contribution in [1.82, 2.24) is 14.5 Å². The van der Waals surface area contributed by atoms with Gasteiger partial charge in [0.1, 0.15) is 5.75 Å². The molecule has 0 spiro atoms. The molecule has 5 heteroatoms. The smallest absolute Gasteiger partial charge is 0.125 e. The van der Waals surface area contributed by atoms with Crippen molar-refractivity contribution in [2.24, 2.45) is 0 Å². The molecule has 10 rings (SSSR count). The van der Waals surface area contributed by atoms with Crippen molar-refractivity contribution in [3.63, 3.8) is 0 Å². The fourth-order valence-electron chi connectivity index (χ4n) is 8.80. The van der Waals surface area contributed by atoms with Crippen LogP contribution in [0.25, 0.3) is 94.6 Å². The zero-order valence-corrected chi connectivity index (χ0v) is 39.8. The number of phenolic OH excluding ortho intramolecular Hbond substituents is 1. The Hall–Kier alpha value is -6.87. The van der Waals surface area contributed by atoms with Crippen molar-refractivity contribution in [2.75, 3.05) is 0 Å². The Balaban J connectivity index is 0.00000533. The van der Waals surface area contributed by atoms with Crippen LogP contribution in [0.4, 0.5) is 0 Å². The number of nitrogens with zero attached hydrogens (tertiary/aromatic N) is 3. The number of rotatable bonds is 7. The molecule has 10 aromatic rings. The molecular weight excluding hydrogens is 974 g/mol. The number of aromatic nitrogens is 3. The standard InChI is InChI=1S/C60H50N3O.Pt/c1-59(2,3)46-32-44(33-47(38-46)60(4,5)6)45-35-54(62-55(36-45)52-28-27-40(37-57(52)64)39-17-9-7-10-18-39)43-20-15-19-42(31-43)53-34-41(29-30-61-53)49-24-16-25-51-50-23-13-14-26-56(50)63(58(49)51)48-21-11-8-12-22-48;/h7-30,32-38,64H,1-6H3;/q-1;. The number of fused-ring (bicyclic) bond motifs is 3. The van der Waals surface area contributed by atoms with E-state index in [0.717, 1.165) is 67.1 Å². The van der Waals surface area contributed by atoms with Gasteiger partial charge in [-0.25, -0.2) is 0 Å². The Bertz CT molecular complexity index is 3320. The van der Waals surface area contributed by atoms with Gasteiger partial charge in [0.2, 0.25) is 0 Å². The van der Waals surface area contributed by atoms with Gasteiger partial charge in [-0.15, -0.1) is 24.3 Å². The monoisotopic (exact) mass is 1020 g/mol. The maximum atomic E-state index is 11.7. The van der Waals surface area contributed by atoms with Gasteiger partial charge < -0.3 is 9.67 Å². The minimum absolute atomic E-state index is 0. The third kappa shape index (κ3) is 8.48. The van der Waals surface area contributed by atoms with Crippen LogP contribution in [0.15, 0.2) is 188 Å². The quantitative estimate of drug-likeness (QED) is 0.162. The normalized spacial score (nSPS) is 11.8. The summed E-state index contributed by atoms with van der Waals surface area (Å²) < 4.78 is 2.37. The summed E-state index contributed by atoms with van der Waals surface area (Å²) in [5.74, 6) is 0.177. The van der Waals surface area contributed by atoms with Crippen molar-refractivity contribution < 1.29 is 26.2 Å². The van der Waals surface area contributed by atoms with E-state index in [2.05, 4.69) is 204 Å². The molecule has 0 aliphatic carbocycles. The first-order valence-electron chi connectivity index (χ1n) is 22.0. The Morgan fingerprint density at radius 2 is 1.06 bits per heavy atom. The molecule has 0 atom stereocenters. The van der Waals surface area contributed by atoms with Crippen molar-refractivity contribution >= 4 is 21.8 Å². The molecule has 0 saturated heterocycles. The molecule has 0 aliphatic heterocycles. The van der Waals surface area contributed by atoms with Gasteiger partial charge in [-0.05, 0) is 92.2 Å². The van der Waals surface area contributed by atoms with Gasteiger partial charge in [0.05, 0.1) is 16.7 Å². The first kappa shape index (κ1) is 43.4. The summed E-state index contributed by atoms with van der Waals surface area (Å²) in [6.45, 7) is 13.6. The predicted molar refractivity (Wildman–Crippen MR) is 267 cm³/mol. The van der Waals surface area contributed by atoms with E-state index in [1.54, 1.807) is 0 Å². The fourth-order valence-corrected chi connectivity index (χ4v) is 8.80. The first-order valence-corrected chi connectivity index (χ1v) is 22.0. The number of aromatic hydroxyl groups is 1. The van der Waals surface area contributed by atoms with Crippen LogP contribution in [-0.2, 0) is 31.9 Å². The van der Waals surface area contributed by atoms with Gasteiger partial charge in [0.15, 0.2) is 0 Å². The van der Waals surface area contributed by atoms with Crippen LogP contribution in [0.2, 0.25) is 0 Å². The van der Waals surface area contributed by atoms with E-state index in [0.29, 0.717) is 11.3 Å². The van der Waals surface area contributed by atoms with Crippen molar-refractivity contribution in [1.29, 1.82) is 0 Å². The molecule has 7 aromatic carbocycles. The van der Waals surface area contributed by atoms with E-state index in [9.17, 15) is 5.11 Å². The SMILES string of the molecule is CC(C)(C)c1cc(-c2cc(-c3[c-]c(-c4cc(-c5cccc6c7ccccc7n(-c7ccccc7)c56)ccn4)ccc3)nc(-c3ccc(-c4ccccc4)cc3O)c2)cc(C(C)(C)C)c1.[Pt]. The number of para-hydroxylation sites is 3. The van der Waals surface area contributed by atoms with Gasteiger partial charge in [0, 0.05) is 66.2 Å². The second-order valence-corrected chi connectivity index (χ2v) is 18.8. The van der Waals surface area contributed by atoms with Crippen LogP contribution in [0.5, 0.6) is 5.75 Å². The number of hydrogen-bond acceptors (Lipinski definition) is 3. The molecule has 0 bridgehead atoms. The number of phenols is 1. The fraction of sp³-hybridized carbons (Fsp3) is 0.133. The molecule has 0 saturated carbocycles. The predicted octanol–water partition coefficient (Wildman–Crippen LogP) is 15.7. The largest absolute Gasteiger partial charge is 0.507 e. The topological polar surface area (TPSA) is 50.9 Å². The second-order valence-electron chi connectivity index (χ2n) is 18.8. The molecule has 3 heterocycles. The molecule has 0 radical (unpaired) electrons. The average molecular weight is 1020 g/mol. The van der Waals surface area contributed by atoms with Crippen molar-refractivity contribution in [3.8, 4) is 78.6 Å². The van der Waals surface area contributed by atoms with Crippen LogP contribution >= 0.6 is 0 Å². The Morgan fingerprint density at radius 3 is 1.77 bits per heavy atom. The summed E-state index contributed by atoms with van der Waals surface area (Å²) in [6, 6.07) is 67.2. The number of pyridine rings is 2. The molecule has 0 aliphatic rings. The Kier molecular flexibility index (Phi) is 11.5. The summed E-state index contributed by atoms with van der Waals surface area (Å²) in [5.41, 5.74) is 16.8. The summed E-state index contributed by atoms with van der Waals surface area (Å²) in [4.78, 5) is 10.2. The first-order chi connectivity index (χ1) is 30.9. The van der Waals surface area contributed by atoms with Crippen LogP contribution in [-0.4, -0.2) is 19.6 Å². The number of hydrogen-bond donors (Lipinski definition) is 1. The zero-order valence-electron chi connectivity index (χ0n) is 37.5. The zero-order chi connectivity index (χ0) is 44.2. The van der Waals surface area contributed by atoms with Gasteiger partial charge >= 0.3 is 0 Å². The van der Waals surface area contributed by atoms with Gasteiger partial charge in [-0.2, -0.15) is 0 Å². The maximum absolute atomic E-state index is 11.7. The van der Waals surface area contributed by atoms with E-state index in [1.165, 1.54) is 27.4 Å². The van der Waals surface area contributed by atoms with Gasteiger partial charge in [-0.1, -0.05) is 174 Å². The third-order valence-corrected chi connectivity index (χ3v) is 12.3. The summed E-state index contributed by atoms with van der Waals surface area (Å²) in [5, 5.41) is 14.1. The second kappa shape index (κ2) is 17.3. The Labute approximate surface area is 396 Å². The van der Waals surface area contributed by atoms with Crippen LogP contribution in [0.3, 0.4) is 0 Å². The molecule has 0 unspecified atom stereocenters. The molecular formula is C60H50N3OPt-. The average Bonchev–Trinajstić information content (AvgIpc) is 3.66. The van der Waals surface area contributed by atoms with E-state index in [-0.39, 0.29) is 37.6 Å². The molecule has 1 N–H and O–H groups in total. The molecule has 0 fully saturated rings. The molecule has 3 aromatic heterocycles. The third-order valence-electron chi connectivity index (χ3n) is 12.3. The summed E-state index contributed by atoms with van der Waals surface area (Å²) >= 11 is 0. The van der Waals surface area contributed by atoms with Crippen LogP contribution < -0.4 is 0 Å². The minimum atomic E-state index is -0.0620. The summed E-state index contributed by atoms with van der Waals surface area (Å²) in [7, 11) is 0. The molecule has 4 nitrogen and oxygen atoms in total. The van der Waals surface area contributed by atoms with Crippen molar-refractivity contribution in [2.45, 2.75) is 52.4 Å². The van der Waals surface area contributed by atoms with E-state index in [4.69, 9.17) is 9.97 Å². The molecule has 322 valence electrons. The van der Waals surface area contributed by atoms with E-state index < -0.39 is 0 Å². The van der Waals surface area contributed by atoms with Gasteiger partial charge in [-0.3, -0.25) is 9.97 Å². The maximum Gasteiger partial charge on any atom is 0.125 e. The van der Waals surface area contributed by atoms with E-state index in [1.807, 2.05) is 36.5 Å². The van der Waals surface area contributed by atoms with Crippen molar-refractivity contribution in [3.05, 3.63) is 205 Å². The molecule has 65 heavy (non-hydrogen) atoms. The summed E-state index contributed by atoms with van der Waals surface area (Å²) in [6.07, 6.45) is 1.90. The van der Waals surface area contributed by atoms with Crippen LogP contribution in [0.1, 0.15) is 52.7 Å². The van der Waals surface area contributed by atoms with Gasteiger partial charge in [0.25, 0.3) is 0 Å².